The Balaban J connectivity index is 1.55. The van der Waals surface area contributed by atoms with Crippen LogP contribution in [0.1, 0.15) is 18.4 Å². The SMILES string of the molecule is Nc1ccc(S(=O)(=O)N2CCC(NCc3cccc(F)c3)CC2)cc1. The molecule has 0 aliphatic carbocycles. The summed E-state index contributed by atoms with van der Waals surface area (Å²) in [7, 11) is -3.47. The molecule has 25 heavy (non-hydrogen) atoms. The summed E-state index contributed by atoms with van der Waals surface area (Å²) in [4.78, 5) is 0.271. The van der Waals surface area contributed by atoms with Crippen LogP contribution in [0.5, 0.6) is 0 Å². The summed E-state index contributed by atoms with van der Waals surface area (Å²) in [5.74, 6) is -0.247. The molecule has 0 amide bonds. The van der Waals surface area contributed by atoms with Gasteiger partial charge in [0.1, 0.15) is 5.82 Å². The first-order valence-electron chi connectivity index (χ1n) is 8.29. The van der Waals surface area contributed by atoms with Crippen LogP contribution in [-0.4, -0.2) is 31.9 Å². The Morgan fingerprint density at radius 2 is 1.80 bits per heavy atom. The Morgan fingerprint density at radius 3 is 2.44 bits per heavy atom. The number of rotatable bonds is 5. The number of nitrogen functional groups attached to an aromatic ring is 1. The van der Waals surface area contributed by atoms with Crippen LogP contribution in [0.4, 0.5) is 10.1 Å². The van der Waals surface area contributed by atoms with Gasteiger partial charge in [0, 0.05) is 31.4 Å². The van der Waals surface area contributed by atoms with Crippen molar-refractivity contribution in [1.82, 2.24) is 9.62 Å². The fourth-order valence-electron chi connectivity index (χ4n) is 3.00. The monoisotopic (exact) mass is 363 g/mol. The van der Waals surface area contributed by atoms with Crippen molar-refractivity contribution in [3.05, 3.63) is 59.9 Å². The minimum atomic E-state index is -3.47. The van der Waals surface area contributed by atoms with Crippen LogP contribution in [0, 0.1) is 5.82 Å². The molecule has 134 valence electrons. The van der Waals surface area contributed by atoms with Gasteiger partial charge in [-0.2, -0.15) is 4.31 Å². The van der Waals surface area contributed by atoms with E-state index < -0.39 is 10.0 Å². The Bertz CT molecular complexity index is 816. The highest BCUT2D eigenvalue weighted by Crippen LogP contribution is 2.21. The first-order chi connectivity index (χ1) is 11.9. The molecule has 1 saturated heterocycles. The van der Waals surface area contributed by atoms with Crippen LogP contribution in [0.3, 0.4) is 0 Å². The molecule has 3 rings (SSSR count). The maximum atomic E-state index is 13.2. The summed E-state index contributed by atoms with van der Waals surface area (Å²) in [5.41, 5.74) is 7.04. The molecular weight excluding hydrogens is 341 g/mol. The second-order valence-corrected chi connectivity index (χ2v) is 8.20. The molecule has 0 radical (unpaired) electrons. The van der Waals surface area contributed by atoms with Gasteiger partial charge in [-0.25, -0.2) is 12.8 Å². The smallest absolute Gasteiger partial charge is 0.243 e. The van der Waals surface area contributed by atoms with Crippen molar-refractivity contribution in [2.45, 2.75) is 30.3 Å². The maximum absolute atomic E-state index is 13.2. The fraction of sp³-hybridized carbons (Fsp3) is 0.333. The van der Waals surface area contributed by atoms with Crippen LogP contribution < -0.4 is 11.1 Å². The highest BCUT2D eigenvalue weighted by molar-refractivity contribution is 7.89. The van der Waals surface area contributed by atoms with Crippen molar-refractivity contribution in [3.63, 3.8) is 0 Å². The number of nitrogens with one attached hydrogen (secondary N) is 1. The number of sulfonamides is 1. The zero-order chi connectivity index (χ0) is 17.9. The number of hydrogen-bond donors (Lipinski definition) is 2. The van der Waals surface area contributed by atoms with Crippen molar-refractivity contribution in [1.29, 1.82) is 0 Å². The zero-order valence-electron chi connectivity index (χ0n) is 13.9. The largest absolute Gasteiger partial charge is 0.399 e. The molecule has 0 aromatic heterocycles. The summed E-state index contributed by atoms with van der Waals surface area (Å²) in [6.07, 6.45) is 1.45. The molecule has 0 bridgehead atoms. The second kappa shape index (κ2) is 7.51. The third-order valence-corrected chi connectivity index (χ3v) is 6.37. The molecular formula is C18H22FN3O2S. The van der Waals surface area contributed by atoms with E-state index in [0.717, 1.165) is 18.4 Å². The summed E-state index contributed by atoms with van der Waals surface area (Å²) in [6, 6.07) is 13.0. The van der Waals surface area contributed by atoms with E-state index in [-0.39, 0.29) is 16.8 Å². The Hall–Kier alpha value is -1.96. The van der Waals surface area contributed by atoms with E-state index in [9.17, 15) is 12.8 Å². The predicted molar refractivity (Wildman–Crippen MR) is 95.9 cm³/mol. The lowest BCUT2D eigenvalue weighted by molar-refractivity contribution is 0.288. The van der Waals surface area contributed by atoms with E-state index in [1.807, 2.05) is 6.07 Å². The summed E-state index contributed by atoms with van der Waals surface area (Å²) < 4.78 is 40.0. The number of halogens is 1. The van der Waals surface area contributed by atoms with Gasteiger partial charge in [-0.05, 0) is 54.8 Å². The first-order valence-corrected chi connectivity index (χ1v) is 9.73. The average Bonchev–Trinajstić information content (AvgIpc) is 2.61. The minimum Gasteiger partial charge on any atom is -0.399 e. The molecule has 0 spiro atoms. The van der Waals surface area contributed by atoms with Crippen molar-refractivity contribution < 1.29 is 12.8 Å². The predicted octanol–water partition coefficient (Wildman–Crippen LogP) is 2.35. The fourth-order valence-corrected chi connectivity index (χ4v) is 4.47. The normalized spacial score (nSPS) is 16.8. The lowest BCUT2D eigenvalue weighted by atomic mass is 10.1. The minimum absolute atomic E-state index is 0.223. The number of nitrogens with two attached hydrogens (primary N) is 1. The summed E-state index contributed by atoms with van der Waals surface area (Å²) in [5, 5.41) is 3.38. The van der Waals surface area contributed by atoms with Crippen molar-refractivity contribution in [2.24, 2.45) is 0 Å². The topological polar surface area (TPSA) is 75.4 Å². The van der Waals surface area contributed by atoms with Gasteiger partial charge in [-0.1, -0.05) is 12.1 Å². The molecule has 2 aromatic carbocycles. The summed E-state index contributed by atoms with van der Waals surface area (Å²) >= 11 is 0. The van der Waals surface area contributed by atoms with Gasteiger partial charge in [0.25, 0.3) is 0 Å². The lowest BCUT2D eigenvalue weighted by Crippen LogP contribution is -2.44. The molecule has 1 aliphatic rings. The first kappa shape index (κ1) is 17.8. The molecule has 1 fully saturated rings. The van der Waals surface area contributed by atoms with Crippen molar-refractivity contribution in [3.8, 4) is 0 Å². The Labute approximate surface area is 147 Å². The molecule has 0 unspecified atom stereocenters. The number of nitrogens with zero attached hydrogens (tertiary/aromatic N) is 1. The zero-order valence-corrected chi connectivity index (χ0v) is 14.7. The van der Waals surface area contributed by atoms with Crippen LogP contribution >= 0.6 is 0 Å². The molecule has 7 heteroatoms. The van der Waals surface area contributed by atoms with Crippen molar-refractivity contribution >= 4 is 15.7 Å². The average molecular weight is 363 g/mol. The van der Waals surface area contributed by atoms with E-state index in [1.54, 1.807) is 30.3 Å². The van der Waals surface area contributed by atoms with E-state index in [2.05, 4.69) is 5.32 Å². The van der Waals surface area contributed by atoms with Gasteiger partial charge in [0.15, 0.2) is 0 Å². The van der Waals surface area contributed by atoms with E-state index in [1.165, 1.54) is 16.4 Å². The van der Waals surface area contributed by atoms with Gasteiger partial charge >= 0.3 is 0 Å². The number of benzene rings is 2. The van der Waals surface area contributed by atoms with Gasteiger partial charge in [-0.15, -0.1) is 0 Å². The van der Waals surface area contributed by atoms with Gasteiger partial charge in [-0.3, -0.25) is 0 Å². The van der Waals surface area contributed by atoms with E-state index >= 15 is 0 Å². The van der Waals surface area contributed by atoms with Crippen molar-refractivity contribution in [2.75, 3.05) is 18.8 Å². The quantitative estimate of drug-likeness (QED) is 0.800. The standard InChI is InChI=1S/C18H22FN3O2S/c19-15-3-1-2-14(12-15)13-21-17-8-10-22(11-9-17)25(23,24)18-6-4-16(20)5-7-18/h1-7,12,17,21H,8-11,13,20H2. The third-order valence-electron chi connectivity index (χ3n) is 4.46. The van der Waals surface area contributed by atoms with Crippen LogP contribution in [0.15, 0.2) is 53.4 Å². The van der Waals surface area contributed by atoms with Crippen LogP contribution in [-0.2, 0) is 16.6 Å². The van der Waals surface area contributed by atoms with Gasteiger partial charge in [0.05, 0.1) is 4.90 Å². The molecule has 2 aromatic rings. The number of hydrogen-bond acceptors (Lipinski definition) is 4. The highest BCUT2D eigenvalue weighted by Gasteiger charge is 2.29. The maximum Gasteiger partial charge on any atom is 0.243 e. The molecule has 3 N–H and O–H groups in total. The third kappa shape index (κ3) is 4.36. The number of anilines is 1. The van der Waals surface area contributed by atoms with Gasteiger partial charge in [0.2, 0.25) is 10.0 Å². The molecule has 1 aliphatic heterocycles. The Morgan fingerprint density at radius 1 is 1.12 bits per heavy atom. The molecule has 0 atom stereocenters. The summed E-state index contributed by atoms with van der Waals surface area (Å²) in [6.45, 7) is 1.51. The highest BCUT2D eigenvalue weighted by atomic mass is 32.2. The van der Waals surface area contributed by atoms with Gasteiger partial charge < -0.3 is 11.1 Å². The van der Waals surface area contributed by atoms with Crippen LogP contribution in [0.25, 0.3) is 0 Å². The van der Waals surface area contributed by atoms with Crippen LogP contribution in [0.2, 0.25) is 0 Å². The molecule has 1 heterocycles. The lowest BCUT2D eigenvalue weighted by Gasteiger charge is -2.31. The number of piperidine rings is 1. The van der Waals surface area contributed by atoms with E-state index in [4.69, 9.17) is 5.73 Å². The Kier molecular flexibility index (Phi) is 5.36. The molecule has 5 nitrogen and oxygen atoms in total. The second-order valence-electron chi connectivity index (χ2n) is 6.26. The molecule has 0 saturated carbocycles. The van der Waals surface area contributed by atoms with E-state index in [0.29, 0.717) is 25.3 Å².